The van der Waals surface area contributed by atoms with Crippen molar-refractivity contribution in [3.05, 3.63) is 28.8 Å². The van der Waals surface area contributed by atoms with E-state index in [1.54, 1.807) is 11.0 Å². The van der Waals surface area contributed by atoms with Crippen LogP contribution >= 0.6 is 0 Å². The number of carbonyl (C=O) groups is 2. The highest BCUT2D eigenvalue weighted by atomic mass is 16.6. The number of carbonyl (C=O) groups excluding carboxylic acids is 2. The van der Waals surface area contributed by atoms with Crippen LogP contribution in [0.4, 0.5) is 4.79 Å². The van der Waals surface area contributed by atoms with Gasteiger partial charge in [0.25, 0.3) is 0 Å². The lowest BCUT2D eigenvalue weighted by Gasteiger charge is -2.44. The standard InChI is InChI=1S/C18H23NO5/c1-18(2,3)24-17(22)19-6-7-23-15-9-13-11(8-14(15)19)4-5-12(10-20)16(13)21/h4-5,10,14-15,21H,6-9H2,1-3H3. The van der Waals surface area contributed by atoms with Gasteiger partial charge in [-0.05, 0) is 38.8 Å². The molecule has 2 aliphatic rings. The van der Waals surface area contributed by atoms with Crippen molar-refractivity contribution in [3.63, 3.8) is 0 Å². The molecule has 1 aromatic carbocycles. The summed E-state index contributed by atoms with van der Waals surface area (Å²) in [6.07, 6.45) is 1.17. The van der Waals surface area contributed by atoms with E-state index in [0.29, 0.717) is 32.3 Å². The van der Waals surface area contributed by atoms with E-state index in [2.05, 4.69) is 0 Å². The van der Waals surface area contributed by atoms with Crippen molar-refractivity contribution in [2.45, 2.75) is 51.4 Å². The van der Waals surface area contributed by atoms with Crippen molar-refractivity contribution in [2.24, 2.45) is 0 Å². The molecule has 0 spiro atoms. The molecule has 1 heterocycles. The monoisotopic (exact) mass is 333 g/mol. The highest BCUT2D eigenvalue weighted by Gasteiger charge is 2.41. The number of phenols is 1. The van der Waals surface area contributed by atoms with Crippen molar-refractivity contribution in [2.75, 3.05) is 13.2 Å². The second-order valence-electron chi connectivity index (χ2n) is 7.32. The highest BCUT2D eigenvalue weighted by molar-refractivity contribution is 5.80. The molecule has 0 bridgehead atoms. The van der Waals surface area contributed by atoms with Crippen molar-refractivity contribution < 1.29 is 24.2 Å². The van der Waals surface area contributed by atoms with Crippen molar-refractivity contribution >= 4 is 12.4 Å². The maximum absolute atomic E-state index is 12.5. The van der Waals surface area contributed by atoms with Crippen LogP contribution < -0.4 is 0 Å². The van der Waals surface area contributed by atoms with Crippen molar-refractivity contribution in [1.82, 2.24) is 4.90 Å². The number of aldehydes is 1. The predicted molar refractivity (Wildman–Crippen MR) is 87.4 cm³/mol. The highest BCUT2D eigenvalue weighted by Crippen LogP contribution is 2.35. The Hall–Kier alpha value is -2.08. The molecule has 1 N–H and O–H groups in total. The SMILES string of the molecule is CC(C)(C)OC(=O)N1CCOC2Cc3c(ccc(C=O)c3O)CC21. The van der Waals surface area contributed by atoms with E-state index < -0.39 is 5.60 Å². The Morgan fingerprint density at radius 2 is 2.12 bits per heavy atom. The summed E-state index contributed by atoms with van der Waals surface area (Å²) in [6, 6.07) is 3.34. The Balaban J connectivity index is 1.87. The Morgan fingerprint density at radius 1 is 1.38 bits per heavy atom. The normalized spacial score (nSPS) is 23.2. The van der Waals surface area contributed by atoms with Crippen molar-refractivity contribution in [1.29, 1.82) is 0 Å². The number of hydrogen-bond acceptors (Lipinski definition) is 5. The van der Waals surface area contributed by atoms with E-state index in [1.807, 2.05) is 26.8 Å². The minimum absolute atomic E-state index is 0.0268. The fourth-order valence-corrected chi connectivity index (χ4v) is 3.40. The van der Waals surface area contributed by atoms with Crippen LogP contribution in [-0.2, 0) is 22.3 Å². The summed E-state index contributed by atoms with van der Waals surface area (Å²) in [5.74, 6) is 0.0268. The fourth-order valence-electron chi connectivity index (χ4n) is 3.40. The van der Waals surface area contributed by atoms with Crippen LogP contribution in [-0.4, -0.2) is 53.3 Å². The third kappa shape index (κ3) is 3.11. The maximum Gasteiger partial charge on any atom is 0.410 e. The van der Waals surface area contributed by atoms with E-state index in [4.69, 9.17) is 9.47 Å². The molecule has 1 amide bonds. The summed E-state index contributed by atoms with van der Waals surface area (Å²) in [6.45, 7) is 6.46. The second kappa shape index (κ2) is 6.09. The van der Waals surface area contributed by atoms with Gasteiger partial charge in [-0.25, -0.2) is 4.79 Å². The molecular weight excluding hydrogens is 310 g/mol. The predicted octanol–water partition coefficient (Wildman–Crippen LogP) is 2.31. The van der Waals surface area contributed by atoms with Gasteiger partial charge in [0.1, 0.15) is 11.4 Å². The van der Waals surface area contributed by atoms with E-state index in [-0.39, 0.29) is 29.6 Å². The van der Waals surface area contributed by atoms with Crippen LogP contribution in [0.3, 0.4) is 0 Å². The lowest BCUT2D eigenvalue weighted by molar-refractivity contribution is -0.0783. The molecule has 1 aromatic rings. The summed E-state index contributed by atoms with van der Waals surface area (Å²) < 4.78 is 11.3. The quantitative estimate of drug-likeness (QED) is 0.798. The minimum atomic E-state index is -0.547. The van der Waals surface area contributed by atoms with Gasteiger partial charge in [-0.3, -0.25) is 9.69 Å². The van der Waals surface area contributed by atoms with Crippen molar-refractivity contribution in [3.8, 4) is 5.75 Å². The van der Waals surface area contributed by atoms with Crippen LogP contribution in [0.2, 0.25) is 0 Å². The molecule has 0 radical (unpaired) electrons. The number of amides is 1. The molecule has 0 saturated carbocycles. The molecule has 1 fully saturated rings. The van der Waals surface area contributed by atoms with Gasteiger partial charge < -0.3 is 14.6 Å². The van der Waals surface area contributed by atoms with Crippen LogP contribution in [0, 0.1) is 0 Å². The second-order valence-corrected chi connectivity index (χ2v) is 7.32. The average molecular weight is 333 g/mol. The van der Waals surface area contributed by atoms with Gasteiger partial charge in [0, 0.05) is 18.5 Å². The maximum atomic E-state index is 12.5. The summed E-state index contributed by atoms with van der Waals surface area (Å²) in [4.78, 5) is 25.2. The molecule has 6 nitrogen and oxygen atoms in total. The number of morpholine rings is 1. The molecule has 0 aromatic heterocycles. The van der Waals surface area contributed by atoms with E-state index in [0.717, 1.165) is 11.1 Å². The average Bonchev–Trinajstić information content (AvgIpc) is 2.51. The number of phenolic OH excluding ortho intramolecular Hbond substituents is 1. The van der Waals surface area contributed by atoms with E-state index in [1.165, 1.54) is 0 Å². The first-order valence-corrected chi connectivity index (χ1v) is 8.20. The van der Waals surface area contributed by atoms with Gasteiger partial charge in [0.2, 0.25) is 0 Å². The van der Waals surface area contributed by atoms with Gasteiger partial charge in [0.05, 0.1) is 24.3 Å². The molecule has 24 heavy (non-hydrogen) atoms. The minimum Gasteiger partial charge on any atom is -0.507 e. The fraction of sp³-hybridized carbons (Fsp3) is 0.556. The number of ether oxygens (including phenoxy) is 2. The molecule has 6 heteroatoms. The number of hydrogen-bond donors (Lipinski definition) is 1. The first-order chi connectivity index (χ1) is 11.3. The van der Waals surface area contributed by atoms with Crippen LogP contribution in [0.25, 0.3) is 0 Å². The van der Waals surface area contributed by atoms with Gasteiger partial charge in [0.15, 0.2) is 6.29 Å². The van der Waals surface area contributed by atoms with E-state index >= 15 is 0 Å². The Labute approximate surface area is 141 Å². The summed E-state index contributed by atoms with van der Waals surface area (Å²) in [7, 11) is 0. The third-order valence-electron chi connectivity index (χ3n) is 4.49. The number of fused-ring (bicyclic) bond motifs is 2. The number of rotatable bonds is 1. The largest absolute Gasteiger partial charge is 0.507 e. The van der Waals surface area contributed by atoms with E-state index in [9.17, 15) is 14.7 Å². The smallest absolute Gasteiger partial charge is 0.410 e. The van der Waals surface area contributed by atoms with Gasteiger partial charge in [-0.15, -0.1) is 0 Å². The molecule has 1 saturated heterocycles. The zero-order valence-corrected chi connectivity index (χ0v) is 14.2. The molecule has 1 aliphatic carbocycles. The molecule has 2 unspecified atom stereocenters. The number of nitrogens with zero attached hydrogens (tertiary/aromatic N) is 1. The molecule has 1 aliphatic heterocycles. The summed E-state index contributed by atoms with van der Waals surface area (Å²) >= 11 is 0. The molecule has 3 rings (SSSR count). The zero-order valence-electron chi connectivity index (χ0n) is 14.2. The zero-order chi connectivity index (χ0) is 17.5. The molecule has 2 atom stereocenters. The first kappa shape index (κ1) is 16.8. The molecular formula is C18H23NO5. The Kier molecular flexibility index (Phi) is 4.25. The van der Waals surface area contributed by atoms with Crippen LogP contribution in [0.1, 0.15) is 42.3 Å². The summed E-state index contributed by atoms with van der Waals surface area (Å²) in [5, 5.41) is 10.3. The topological polar surface area (TPSA) is 76.1 Å². The summed E-state index contributed by atoms with van der Waals surface area (Å²) in [5.41, 5.74) is 1.42. The van der Waals surface area contributed by atoms with Gasteiger partial charge in [-0.2, -0.15) is 0 Å². The van der Waals surface area contributed by atoms with Gasteiger partial charge in [-0.1, -0.05) is 6.07 Å². The Bertz CT molecular complexity index is 664. The Morgan fingerprint density at radius 3 is 2.79 bits per heavy atom. The van der Waals surface area contributed by atoms with Crippen LogP contribution in [0.15, 0.2) is 12.1 Å². The number of aromatic hydroxyl groups is 1. The number of benzene rings is 1. The lowest BCUT2D eigenvalue weighted by atomic mass is 9.83. The van der Waals surface area contributed by atoms with Gasteiger partial charge >= 0.3 is 6.09 Å². The third-order valence-corrected chi connectivity index (χ3v) is 4.49. The molecule has 130 valence electrons. The first-order valence-electron chi connectivity index (χ1n) is 8.20. The lowest BCUT2D eigenvalue weighted by Crippen LogP contribution is -2.57. The van der Waals surface area contributed by atoms with Crippen LogP contribution in [0.5, 0.6) is 5.75 Å².